The predicted octanol–water partition coefficient (Wildman–Crippen LogP) is 4.06. The number of halogens is 3. The minimum atomic E-state index is -3.19. The number of nitrogens with zero attached hydrogens (tertiary/aromatic N) is 1. The van der Waals surface area contributed by atoms with Crippen LogP contribution in [-0.2, 0) is 15.1 Å². The van der Waals surface area contributed by atoms with Crippen LogP contribution in [0.25, 0.3) is 0 Å². The van der Waals surface area contributed by atoms with Gasteiger partial charge in [-0.1, -0.05) is 26.0 Å². The summed E-state index contributed by atoms with van der Waals surface area (Å²) in [6, 6.07) is 5.21. The molecule has 0 saturated carbocycles. The summed E-state index contributed by atoms with van der Waals surface area (Å²) in [6.07, 6.45) is -3.50. The van der Waals surface area contributed by atoms with Crippen LogP contribution in [0.3, 0.4) is 0 Å². The first-order chi connectivity index (χ1) is 12.5. The van der Waals surface area contributed by atoms with Gasteiger partial charge in [-0.25, -0.2) is 8.78 Å². The van der Waals surface area contributed by atoms with Crippen molar-refractivity contribution in [2.75, 3.05) is 12.4 Å². The molecular weight excluding hydrogens is 359 g/mol. The standard InChI is InChI=1S/C19H24F3N3O2/c1-9(2)15-12-10(19(3,4)27-15)7-6-8-11(12)25-18(26)13(17(22)24-5)14(23)16(20)21/h6-9,15-16H,23H2,1-5H3,(H,25,26)/b14-13+,24-17?. The first kappa shape index (κ1) is 21.0. The van der Waals surface area contributed by atoms with Crippen LogP contribution in [0.1, 0.15) is 44.9 Å². The Morgan fingerprint density at radius 3 is 2.48 bits per heavy atom. The number of hydrogen-bond acceptors (Lipinski definition) is 4. The van der Waals surface area contributed by atoms with E-state index >= 15 is 0 Å². The van der Waals surface area contributed by atoms with Crippen LogP contribution in [-0.4, -0.2) is 25.3 Å². The molecule has 0 aromatic heterocycles. The van der Waals surface area contributed by atoms with E-state index < -0.39 is 35.2 Å². The first-order valence-electron chi connectivity index (χ1n) is 8.54. The highest BCUT2D eigenvalue weighted by molar-refractivity contribution is 6.23. The van der Waals surface area contributed by atoms with E-state index in [0.29, 0.717) is 5.69 Å². The van der Waals surface area contributed by atoms with E-state index in [1.807, 2.05) is 33.8 Å². The molecule has 0 fully saturated rings. The number of carbonyl (C=O) groups is 1. The Morgan fingerprint density at radius 1 is 1.33 bits per heavy atom. The maximum atomic E-state index is 14.0. The van der Waals surface area contributed by atoms with Crippen LogP contribution < -0.4 is 11.1 Å². The van der Waals surface area contributed by atoms with Gasteiger partial charge in [-0.05, 0) is 31.4 Å². The normalized spacial score (nSPS) is 19.9. The number of aliphatic imine (C=N–C) groups is 1. The van der Waals surface area contributed by atoms with E-state index in [1.54, 1.807) is 12.1 Å². The van der Waals surface area contributed by atoms with Gasteiger partial charge in [0, 0.05) is 18.3 Å². The van der Waals surface area contributed by atoms with Gasteiger partial charge in [-0.2, -0.15) is 4.39 Å². The maximum Gasteiger partial charge on any atom is 0.278 e. The van der Waals surface area contributed by atoms with Gasteiger partial charge >= 0.3 is 0 Å². The van der Waals surface area contributed by atoms with E-state index in [9.17, 15) is 18.0 Å². The van der Waals surface area contributed by atoms with Crippen LogP contribution in [0.2, 0.25) is 0 Å². The molecule has 0 bridgehead atoms. The third-order valence-corrected chi connectivity index (χ3v) is 4.47. The van der Waals surface area contributed by atoms with E-state index in [1.165, 1.54) is 0 Å². The molecule has 0 saturated heterocycles. The fourth-order valence-corrected chi connectivity index (χ4v) is 3.16. The summed E-state index contributed by atoms with van der Waals surface area (Å²) in [5, 5.41) is 2.51. The molecule has 0 radical (unpaired) electrons. The number of ether oxygens (including phenoxy) is 1. The lowest BCUT2D eigenvalue weighted by Crippen LogP contribution is -2.26. The summed E-state index contributed by atoms with van der Waals surface area (Å²) in [5.74, 6) is -2.34. The first-order valence-corrected chi connectivity index (χ1v) is 8.54. The van der Waals surface area contributed by atoms with E-state index in [4.69, 9.17) is 10.5 Å². The van der Waals surface area contributed by atoms with E-state index in [0.717, 1.165) is 18.2 Å². The lowest BCUT2D eigenvalue weighted by molar-refractivity contribution is -0.112. The number of alkyl halides is 2. The van der Waals surface area contributed by atoms with Gasteiger partial charge in [0.1, 0.15) is 5.57 Å². The minimum Gasteiger partial charge on any atom is -0.397 e. The number of anilines is 1. The Hall–Kier alpha value is -2.35. The molecular formula is C19H24F3N3O2. The summed E-state index contributed by atoms with van der Waals surface area (Å²) in [5.41, 5.74) is 4.51. The van der Waals surface area contributed by atoms with Crippen LogP contribution in [0.5, 0.6) is 0 Å². The molecule has 148 valence electrons. The number of nitrogens with two attached hydrogens (primary N) is 1. The van der Waals surface area contributed by atoms with E-state index in [2.05, 4.69) is 10.3 Å². The molecule has 1 amide bonds. The largest absolute Gasteiger partial charge is 0.397 e. The summed E-state index contributed by atoms with van der Waals surface area (Å²) >= 11 is 0. The predicted molar refractivity (Wildman–Crippen MR) is 98.4 cm³/mol. The highest BCUT2D eigenvalue weighted by Gasteiger charge is 2.41. The molecule has 2 rings (SSSR count). The summed E-state index contributed by atoms with van der Waals surface area (Å²) in [6.45, 7) is 7.75. The van der Waals surface area contributed by atoms with Crippen molar-refractivity contribution in [1.29, 1.82) is 0 Å². The topological polar surface area (TPSA) is 76.7 Å². The number of allylic oxidation sites excluding steroid dienone is 1. The molecule has 1 aliphatic rings. The van der Waals surface area contributed by atoms with Crippen LogP contribution in [0.4, 0.5) is 18.9 Å². The van der Waals surface area contributed by atoms with Gasteiger partial charge in [-0.15, -0.1) is 0 Å². The Morgan fingerprint density at radius 2 is 1.96 bits per heavy atom. The molecule has 1 atom stereocenters. The second-order valence-electron chi connectivity index (χ2n) is 7.16. The monoisotopic (exact) mass is 383 g/mol. The van der Waals surface area contributed by atoms with Crippen LogP contribution in [0, 0.1) is 5.92 Å². The zero-order chi connectivity index (χ0) is 20.5. The molecule has 1 unspecified atom stereocenters. The molecule has 1 aromatic carbocycles. The van der Waals surface area contributed by atoms with Crippen molar-refractivity contribution in [1.82, 2.24) is 0 Å². The van der Waals surface area contributed by atoms with Crippen molar-refractivity contribution in [2.45, 2.75) is 45.8 Å². The quantitative estimate of drug-likeness (QED) is 0.595. The Labute approximate surface area is 156 Å². The second kappa shape index (κ2) is 7.72. The molecule has 27 heavy (non-hydrogen) atoms. The number of carbonyl (C=O) groups excluding carboxylic acids is 1. The SMILES string of the molecule is CN=C(F)/C(C(=O)Nc1cccc2c1C(C(C)C)OC2(C)C)=C(\N)C(F)F. The summed E-state index contributed by atoms with van der Waals surface area (Å²) in [7, 11) is 1.05. The second-order valence-corrected chi connectivity index (χ2v) is 7.16. The fraction of sp³-hybridized carbons (Fsp3) is 0.474. The smallest absolute Gasteiger partial charge is 0.278 e. The number of nitrogens with one attached hydrogen (secondary N) is 1. The molecule has 1 heterocycles. The van der Waals surface area contributed by atoms with Crippen molar-refractivity contribution in [3.05, 3.63) is 40.6 Å². The lowest BCUT2D eigenvalue weighted by Gasteiger charge is -2.22. The highest BCUT2D eigenvalue weighted by Crippen LogP contribution is 2.49. The van der Waals surface area contributed by atoms with Gasteiger partial charge in [0.2, 0.25) is 5.97 Å². The third-order valence-electron chi connectivity index (χ3n) is 4.47. The Bertz CT molecular complexity index is 801. The lowest BCUT2D eigenvalue weighted by atomic mass is 9.90. The Kier molecular flexibility index (Phi) is 5.99. The van der Waals surface area contributed by atoms with Crippen molar-refractivity contribution < 1.29 is 22.7 Å². The van der Waals surface area contributed by atoms with Gasteiger partial charge in [-0.3, -0.25) is 9.79 Å². The molecule has 0 spiro atoms. The fourth-order valence-electron chi connectivity index (χ4n) is 3.16. The van der Waals surface area contributed by atoms with Crippen LogP contribution in [0.15, 0.2) is 34.5 Å². The zero-order valence-electron chi connectivity index (χ0n) is 15.9. The molecule has 1 aromatic rings. The number of fused-ring (bicyclic) bond motifs is 1. The highest BCUT2D eigenvalue weighted by atomic mass is 19.3. The average Bonchev–Trinajstić information content (AvgIpc) is 2.87. The van der Waals surface area contributed by atoms with Crippen molar-refractivity contribution in [3.8, 4) is 0 Å². The molecule has 0 aliphatic carbocycles. The van der Waals surface area contributed by atoms with Gasteiger partial charge in [0.25, 0.3) is 12.3 Å². The number of amides is 1. The van der Waals surface area contributed by atoms with Gasteiger partial charge in [0.05, 0.1) is 17.4 Å². The molecule has 8 heteroatoms. The number of hydrogen-bond donors (Lipinski definition) is 2. The average molecular weight is 383 g/mol. The molecule has 3 N–H and O–H groups in total. The molecule has 5 nitrogen and oxygen atoms in total. The zero-order valence-corrected chi connectivity index (χ0v) is 15.9. The maximum absolute atomic E-state index is 14.0. The van der Waals surface area contributed by atoms with Gasteiger partial charge < -0.3 is 15.8 Å². The summed E-state index contributed by atoms with van der Waals surface area (Å²) in [4.78, 5) is 15.7. The van der Waals surface area contributed by atoms with Crippen molar-refractivity contribution in [2.24, 2.45) is 16.6 Å². The summed E-state index contributed by atoms with van der Waals surface area (Å²) < 4.78 is 46.0. The molecule has 1 aliphatic heterocycles. The van der Waals surface area contributed by atoms with E-state index in [-0.39, 0.29) is 12.0 Å². The third kappa shape index (κ3) is 4.00. The van der Waals surface area contributed by atoms with Crippen molar-refractivity contribution in [3.63, 3.8) is 0 Å². The minimum absolute atomic E-state index is 0.0960. The van der Waals surface area contributed by atoms with Crippen molar-refractivity contribution >= 4 is 17.6 Å². The number of rotatable bonds is 5. The van der Waals surface area contributed by atoms with Gasteiger partial charge in [0.15, 0.2) is 0 Å². The van der Waals surface area contributed by atoms with Crippen LogP contribution >= 0.6 is 0 Å². The number of benzene rings is 1. The Balaban J connectivity index is 2.52.